The highest BCUT2D eigenvalue weighted by Crippen LogP contribution is 2.16. The highest BCUT2D eigenvalue weighted by atomic mass is 16.6. The molecule has 0 amide bonds. The third-order valence-electron chi connectivity index (χ3n) is 12.2. The fourth-order valence-electron chi connectivity index (χ4n) is 8.00. The minimum absolute atomic E-state index is 0.103. The average Bonchev–Trinajstić information content (AvgIpc) is 3.33. The Bertz CT molecular complexity index is 1260. The predicted molar refractivity (Wildman–Crippen MR) is 288 cm³/mol. The second-order valence-corrected chi connectivity index (χ2v) is 18.8. The Labute approximate surface area is 414 Å². The summed E-state index contributed by atoms with van der Waals surface area (Å²) < 4.78 is 16.7. The molecule has 0 fully saturated rings. The molecule has 0 heterocycles. The molecule has 1 atom stereocenters. The summed E-state index contributed by atoms with van der Waals surface area (Å²) in [4.78, 5) is 37.8. The van der Waals surface area contributed by atoms with Gasteiger partial charge in [-0.2, -0.15) is 0 Å². The quantitative estimate of drug-likeness (QED) is 0.0262. The van der Waals surface area contributed by atoms with E-state index in [2.05, 4.69) is 81.5 Å². The zero-order valence-electron chi connectivity index (χ0n) is 44.2. The van der Waals surface area contributed by atoms with Crippen LogP contribution in [0.5, 0.6) is 0 Å². The lowest BCUT2D eigenvalue weighted by Crippen LogP contribution is -2.30. The van der Waals surface area contributed by atoms with Crippen molar-refractivity contribution >= 4 is 17.9 Å². The molecule has 0 radical (unpaired) electrons. The van der Waals surface area contributed by atoms with E-state index in [0.717, 1.165) is 77.0 Å². The first-order chi connectivity index (χ1) is 33.0. The first-order valence-corrected chi connectivity index (χ1v) is 28.4. The van der Waals surface area contributed by atoms with Crippen LogP contribution in [-0.4, -0.2) is 37.2 Å². The number of unbranched alkanes of at least 4 members (excludes halogenated alkanes) is 28. The molecular formula is C61H106O6. The van der Waals surface area contributed by atoms with E-state index in [-0.39, 0.29) is 31.6 Å². The van der Waals surface area contributed by atoms with Crippen molar-refractivity contribution in [1.29, 1.82) is 0 Å². The minimum atomic E-state index is -0.811. The largest absolute Gasteiger partial charge is 0.462 e. The van der Waals surface area contributed by atoms with Crippen LogP contribution in [0.25, 0.3) is 0 Å². The summed E-state index contributed by atoms with van der Waals surface area (Å²) in [7, 11) is 0. The molecule has 0 aromatic rings. The van der Waals surface area contributed by atoms with Crippen LogP contribution in [0.2, 0.25) is 0 Å². The number of allylic oxidation sites excluding steroid dienone is 12. The van der Waals surface area contributed by atoms with E-state index < -0.39 is 12.1 Å². The molecular weight excluding hydrogens is 829 g/mol. The van der Waals surface area contributed by atoms with Gasteiger partial charge in [-0.25, -0.2) is 0 Å². The summed E-state index contributed by atoms with van der Waals surface area (Å²) in [6, 6.07) is 0. The number of hydrogen-bond acceptors (Lipinski definition) is 6. The van der Waals surface area contributed by atoms with Crippen LogP contribution in [0, 0.1) is 0 Å². The van der Waals surface area contributed by atoms with Gasteiger partial charge in [0.15, 0.2) is 6.10 Å². The topological polar surface area (TPSA) is 78.9 Å². The Morgan fingerprint density at radius 3 is 0.881 bits per heavy atom. The molecule has 1 unspecified atom stereocenters. The maximum Gasteiger partial charge on any atom is 0.306 e. The van der Waals surface area contributed by atoms with Gasteiger partial charge < -0.3 is 14.2 Å². The van der Waals surface area contributed by atoms with Crippen molar-refractivity contribution in [2.75, 3.05) is 13.2 Å². The summed E-state index contributed by atoms with van der Waals surface area (Å²) in [5.74, 6) is -0.991. The van der Waals surface area contributed by atoms with E-state index in [0.29, 0.717) is 19.3 Å². The molecule has 0 aliphatic carbocycles. The highest BCUT2D eigenvalue weighted by molar-refractivity contribution is 5.71. The Kier molecular flexibility index (Phi) is 52.8. The zero-order chi connectivity index (χ0) is 48.6. The van der Waals surface area contributed by atoms with Gasteiger partial charge in [-0.05, 0) is 57.8 Å². The number of ether oxygens (including phenoxy) is 3. The minimum Gasteiger partial charge on any atom is -0.462 e. The average molecular weight is 936 g/mol. The lowest BCUT2D eigenvalue weighted by Gasteiger charge is -2.18. The summed E-state index contributed by atoms with van der Waals surface area (Å²) in [6.07, 6.45) is 70.9. The third kappa shape index (κ3) is 53.7. The number of rotatable bonds is 51. The van der Waals surface area contributed by atoms with E-state index in [9.17, 15) is 14.4 Å². The zero-order valence-corrected chi connectivity index (χ0v) is 44.2. The number of carbonyl (C=O) groups excluding carboxylic acids is 3. The van der Waals surface area contributed by atoms with Crippen LogP contribution < -0.4 is 0 Å². The molecule has 0 N–H and O–H groups in total. The van der Waals surface area contributed by atoms with E-state index >= 15 is 0 Å². The lowest BCUT2D eigenvalue weighted by molar-refractivity contribution is -0.166. The fraction of sp³-hybridized carbons (Fsp3) is 0.754. The van der Waals surface area contributed by atoms with Gasteiger partial charge in [-0.15, -0.1) is 0 Å². The van der Waals surface area contributed by atoms with Gasteiger partial charge in [0.2, 0.25) is 0 Å². The summed E-state index contributed by atoms with van der Waals surface area (Å²) >= 11 is 0. The summed E-state index contributed by atoms with van der Waals surface area (Å²) in [5.41, 5.74) is 0. The SMILES string of the molecule is CC/C=C\C/C=C\C/C=C\C/C=C\C/C=C\C/C=C\CCC(=O)OC(COC(=O)CCCCCCCC)COC(=O)CCCCCCCCCCCCCCCCCCCCCCCCCC. The summed E-state index contributed by atoms with van der Waals surface area (Å²) in [5, 5.41) is 0. The molecule has 0 aliphatic heterocycles. The maximum atomic E-state index is 12.7. The predicted octanol–water partition coefficient (Wildman–Crippen LogP) is 19.0. The van der Waals surface area contributed by atoms with Crippen molar-refractivity contribution in [1.82, 2.24) is 0 Å². The van der Waals surface area contributed by atoms with Crippen LogP contribution in [0.15, 0.2) is 72.9 Å². The standard InChI is InChI=1S/C61H106O6/c1-4-7-10-13-16-18-20-22-24-26-28-29-30-31-32-34-35-37-39-41-43-45-48-51-54-60(63)66-57-58(56-65-59(62)53-50-47-15-12-9-6-3)67-61(64)55-52-49-46-44-42-40-38-36-33-27-25-23-21-19-17-14-11-8-5-2/h8,11,17,19,23,25,33,36,40,42,46,49,58H,4-7,9-10,12-16,18,20-22,24,26-32,34-35,37-39,41,43-45,47-48,50-57H2,1-3H3/b11-8-,19-17-,25-23-,36-33-,42-40-,49-46-. The molecule has 0 aromatic carbocycles. The van der Waals surface area contributed by atoms with E-state index in [1.807, 2.05) is 12.2 Å². The molecule has 0 saturated heterocycles. The van der Waals surface area contributed by atoms with Crippen molar-refractivity contribution in [2.24, 2.45) is 0 Å². The third-order valence-corrected chi connectivity index (χ3v) is 12.2. The van der Waals surface area contributed by atoms with Crippen molar-refractivity contribution in [3.63, 3.8) is 0 Å². The van der Waals surface area contributed by atoms with E-state index in [4.69, 9.17) is 14.2 Å². The lowest BCUT2D eigenvalue weighted by atomic mass is 10.0. The van der Waals surface area contributed by atoms with Crippen molar-refractivity contribution in [3.8, 4) is 0 Å². The van der Waals surface area contributed by atoms with Crippen LogP contribution in [0.4, 0.5) is 0 Å². The van der Waals surface area contributed by atoms with E-state index in [1.54, 1.807) is 0 Å². The maximum absolute atomic E-state index is 12.7. The van der Waals surface area contributed by atoms with Gasteiger partial charge >= 0.3 is 17.9 Å². The normalized spacial score (nSPS) is 12.6. The van der Waals surface area contributed by atoms with E-state index in [1.165, 1.54) is 154 Å². The fourth-order valence-corrected chi connectivity index (χ4v) is 8.00. The molecule has 6 heteroatoms. The molecule has 0 spiro atoms. The van der Waals surface area contributed by atoms with Gasteiger partial charge in [0, 0.05) is 19.3 Å². The molecule has 0 bridgehead atoms. The summed E-state index contributed by atoms with van der Waals surface area (Å²) in [6.45, 7) is 6.42. The number of esters is 3. The molecule has 386 valence electrons. The second kappa shape index (κ2) is 55.4. The van der Waals surface area contributed by atoms with Crippen LogP contribution in [-0.2, 0) is 28.6 Å². The highest BCUT2D eigenvalue weighted by Gasteiger charge is 2.19. The van der Waals surface area contributed by atoms with Gasteiger partial charge in [-0.3, -0.25) is 14.4 Å². The van der Waals surface area contributed by atoms with Gasteiger partial charge in [0.25, 0.3) is 0 Å². The van der Waals surface area contributed by atoms with Gasteiger partial charge in [0.1, 0.15) is 13.2 Å². The Balaban J connectivity index is 4.20. The number of carbonyl (C=O) groups is 3. The molecule has 0 saturated carbocycles. The molecule has 0 aliphatic rings. The monoisotopic (exact) mass is 935 g/mol. The van der Waals surface area contributed by atoms with Gasteiger partial charge in [0.05, 0.1) is 0 Å². The molecule has 67 heavy (non-hydrogen) atoms. The first-order valence-electron chi connectivity index (χ1n) is 28.4. The Morgan fingerprint density at radius 1 is 0.313 bits per heavy atom. The molecule has 6 nitrogen and oxygen atoms in total. The van der Waals surface area contributed by atoms with Crippen LogP contribution >= 0.6 is 0 Å². The smallest absolute Gasteiger partial charge is 0.306 e. The molecule has 0 aromatic heterocycles. The Hall–Kier alpha value is -3.15. The van der Waals surface area contributed by atoms with Gasteiger partial charge in [-0.1, -0.05) is 273 Å². The van der Waals surface area contributed by atoms with Crippen molar-refractivity contribution < 1.29 is 28.6 Å². The van der Waals surface area contributed by atoms with Crippen molar-refractivity contribution in [2.45, 2.75) is 284 Å². The molecule has 0 rings (SSSR count). The van der Waals surface area contributed by atoms with Crippen LogP contribution in [0.3, 0.4) is 0 Å². The second-order valence-electron chi connectivity index (χ2n) is 18.8. The van der Waals surface area contributed by atoms with Crippen molar-refractivity contribution in [3.05, 3.63) is 72.9 Å². The Morgan fingerprint density at radius 2 is 0.582 bits per heavy atom. The number of hydrogen-bond donors (Lipinski definition) is 0. The first kappa shape index (κ1) is 63.8. The van der Waals surface area contributed by atoms with Crippen LogP contribution in [0.1, 0.15) is 278 Å².